The molecule has 2 N–H and O–H groups in total. The summed E-state index contributed by atoms with van der Waals surface area (Å²) in [4.78, 5) is 0. The number of benzene rings is 2. The summed E-state index contributed by atoms with van der Waals surface area (Å²) >= 11 is 3.59. The Kier molecular flexibility index (Phi) is 5.26. The number of hydrogen-bond donors (Lipinski definition) is 1. The maximum absolute atomic E-state index is 6.34. The average molecular weight is 350 g/mol. The van der Waals surface area contributed by atoms with Crippen molar-refractivity contribution in [1.29, 1.82) is 0 Å². The van der Waals surface area contributed by atoms with Crippen molar-refractivity contribution in [1.82, 2.24) is 0 Å². The van der Waals surface area contributed by atoms with Gasteiger partial charge in [-0.15, -0.1) is 0 Å². The predicted molar refractivity (Wildman–Crippen MR) is 89.1 cm³/mol. The molecule has 1 unspecified atom stereocenters. The van der Waals surface area contributed by atoms with E-state index in [4.69, 9.17) is 15.2 Å². The highest BCUT2D eigenvalue weighted by atomic mass is 79.9. The molecule has 112 valence electrons. The van der Waals surface area contributed by atoms with Crippen LogP contribution in [-0.2, 0) is 6.42 Å². The van der Waals surface area contributed by atoms with E-state index in [1.165, 1.54) is 5.56 Å². The number of halogens is 1. The fourth-order valence-electron chi connectivity index (χ4n) is 2.30. The molecular formula is C17H20BrNO2. The van der Waals surface area contributed by atoms with Crippen molar-refractivity contribution in [2.75, 3.05) is 14.2 Å². The first-order valence-electron chi connectivity index (χ1n) is 6.77. The lowest BCUT2D eigenvalue weighted by atomic mass is 9.98. The minimum atomic E-state index is -0.0712. The van der Waals surface area contributed by atoms with Gasteiger partial charge >= 0.3 is 0 Å². The molecule has 0 aromatic heterocycles. The summed E-state index contributed by atoms with van der Waals surface area (Å²) in [7, 11) is 3.27. The van der Waals surface area contributed by atoms with Crippen molar-refractivity contribution in [3.8, 4) is 11.5 Å². The molecule has 1 atom stereocenters. The number of aryl methyl sites for hydroxylation is 1. The Labute approximate surface area is 134 Å². The second kappa shape index (κ2) is 6.96. The van der Waals surface area contributed by atoms with Crippen LogP contribution in [0.15, 0.2) is 40.9 Å². The Morgan fingerprint density at radius 1 is 1.05 bits per heavy atom. The third-order valence-electron chi connectivity index (χ3n) is 3.46. The minimum absolute atomic E-state index is 0.0712. The molecule has 3 nitrogen and oxygen atoms in total. The molecule has 0 aliphatic rings. The highest BCUT2D eigenvalue weighted by Crippen LogP contribution is 2.30. The van der Waals surface area contributed by atoms with Crippen LogP contribution in [0.25, 0.3) is 0 Å². The molecule has 2 aromatic carbocycles. The molecule has 0 aliphatic carbocycles. The van der Waals surface area contributed by atoms with Gasteiger partial charge < -0.3 is 15.2 Å². The van der Waals surface area contributed by atoms with Gasteiger partial charge in [-0.3, -0.25) is 0 Å². The smallest absolute Gasteiger partial charge is 0.160 e. The van der Waals surface area contributed by atoms with E-state index >= 15 is 0 Å². The quantitative estimate of drug-likeness (QED) is 0.886. The van der Waals surface area contributed by atoms with Crippen LogP contribution in [0.1, 0.15) is 22.7 Å². The molecule has 0 spiro atoms. The van der Waals surface area contributed by atoms with E-state index < -0.39 is 0 Å². The zero-order chi connectivity index (χ0) is 15.4. The Bertz CT molecular complexity index is 628. The molecule has 0 radical (unpaired) electrons. The van der Waals surface area contributed by atoms with Crippen molar-refractivity contribution in [2.45, 2.75) is 19.4 Å². The van der Waals surface area contributed by atoms with Crippen LogP contribution in [0.4, 0.5) is 0 Å². The first-order chi connectivity index (χ1) is 10.0. The van der Waals surface area contributed by atoms with Gasteiger partial charge in [-0.05, 0) is 48.2 Å². The standard InChI is InChI=1S/C17H20BrNO2/c1-11-4-6-13(14(18)8-11)15(19)9-12-5-7-16(20-2)17(10-12)21-3/h4-8,10,15H,9,19H2,1-3H3. The van der Waals surface area contributed by atoms with Crippen LogP contribution in [-0.4, -0.2) is 14.2 Å². The van der Waals surface area contributed by atoms with Crippen molar-refractivity contribution in [3.63, 3.8) is 0 Å². The zero-order valence-corrected chi connectivity index (χ0v) is 14.1. The maximum Gasteiger partial charge on any atom is 0.160 e. The molecule has 0 saturated heterocycles. The number of rotatable bonds is 5. The molecule has 0 fully saturated rings. The largest absolute Gasteiger partial charge is 0.493 e. The first kappa shape index (κ1) is 15.9. The lowest BCUT2D eigenvalue weighted by Gasteiger charge is -2.16. The van der Waals surface area contributed by atoms with Gasteiger partial charge in [0.15, 0.2) is 11.5 Å². The van der Waals surface area contributed by atoms with Crippen molar-refractivity contribution >= 4 is 15.9 Å². The molecule has 0 saturated carbocycles. The molecule has 0 amide bonds. The van der Waals surface area contributed by atoms with Crippen LogP contribution in [0.5, 0.6) is 11.5 Å². The highest BCUT2D eigenvalue weighted by molar-refractivity contribution is 9.10. The molecule has 2 aromatic rings. The minimum Gasteiger partial charge on any atom is -0.493 e. The van der Waals surface area contributed by atoms with E-state index in [1.54, 1.807) is 14.2 Å². The SMILES string of the molecule is COc1ccc(CC(N)c2ccc(C)cc2Br)cc1OC. The van der Waals surface area contributed by atoms with Gasteiger partial charge in [-0.2, -0.15) is 0 Å². The van der Waals surface area contributed by atoms with Gasteiger partial charge in [0.1, 0.15) is 0 Å². The fraction of sp³-hybridized carbons (Fsp3) is 0.294. The van der Waals surface area contributed by atoms with E-state index in [0.29, 0.717) is 0 Å². The maximum atomic E-state index is 6.34. The van der Waals surface area contributed by atoms with Crippen LogP contribution in [0, 0.1) is 6.92 Å². The summed E-state index contributed by atoms with van der Waals surface area (Å²) < 4.78 is 11.6. The normalized spacial score (nSPS) is 12.0. The van der Waals surface area contributed by atoms with Gasteiger partial charge in [0.05, 0.1) is 14.2 Å². The van der Waals surface area contributed by atoms with Gasteiger partial charge in [-0.1, -0.05) is 34.1 Å². The topological polar surface area (TPSA) is 44.5 Å². The molecule has 0 heterocycles. The number of ether oxygens (including phenoxy) is 2. The summed E-state index contributed by atoms with van der Waals surface area (Å²) in [5, 5.41) is 0. The first-order valence-corrected chi connectivity index (χ1v) is 7.57. The summed E-state index contributed by atoms with van der Waals surface area (Å²) in [6.07, 6.45) is 0.738. The van der Waals surface area contributed by atoms with Gasteiger partial charge in [0.2, 0.25) is 0 Å². The lowest BCUT2D eigenvalue weighted by molar-refractivity contribution is 0.354. The Hall–Kier alpha value is -1.52. The monoisotopic (exact) mass is 349 g/mol. The highest BCUT2D eigenvalue weighted by Gasteiger charge is 2.12. The molecule has 0 aliphatic heterocycles. The molecule has 2 rings (SSSR count). The van der Waals surface area contributed by atoms with Gasteiger partial charge in [0.25, 0.3) is 0 Å². The zero-order valence-electron chi connectivity index (χ0n) is 12.5. The fourth-order valence-corrected chi connectivity index (χ4v) is 3.09. The van der Waals surface area contributed by atoms with E-state index in [0.717, 1.165) is 33.5 Å². The second-order valence-electron chi connectivity index (χ2n) is 5.02. The van der Waals surface area contributed by atoms with Crippen molar-refractivity contribution in [3.05, 3.63) is 57.6 Å². The van der Waals surface area contributed by atoms with Gasteiger partial charge in [0, 0.05) is 10.5 Å². The third-order valence-corrected chi connectivity index (χ3v) is 4.15. The summed E-state index contributed by atoms with van der Waals surface area (Å²) in [5.74, 6) is 1.46. The second-order valence-corrected chi connectivity index (χ2v) is 5.88. The summed E-state index contributed by atoms with van der Waals surface area (Å²) in [6, 6.07) is 12.1. The summed E-state index contributed by atoms with van der Waals surface area (Å²) in [6.45, 7) is 2.06. The van der Waals surface area contributed by atoms with Gasteiger partial charge in [-0.25, -0.2) is 0 Å². The number of nitrogens with two attached hydrogens (primary N) is 1. The van der Waals surface area contributed by atoms with E-state index in [1.807, 2.05) is 18.2 Å². The van der Waals surface area contributed by atoms with E-state index in [2.05, 4.69) is 41.1 Å². The molecular weight excluding hydrogens is 330 g/mol. The Balaban J connectivity index is 2.21. The van der Waals surface area contributed by atoms with Crippen LogP contribution < -0.4 is 15.2 Å². The molecule has 4 heteroatoms. The average Bonchev–Trinajstić information content (AvgIpc) is 2.46. The predicted octanol–water partition coefficient (Wildman–Crippen LogP) is 4.02. The molecule has 0 bridgehead atoms. The van der Waals surface area contributed by atoms with E-state index in [-0.39, 0.29) is 6.04 Å². The Morgan fingerprint density at radius 3 is 2.38 bits per heavy atom. The van der Waals surface area contributed by atoms with E-state index in [9.17, 15) is 0 Å². The van der Waals surface area contributed by atoms with Crippen LogP contribution >= 0.6 is 15.9 Å². The Morgan fingerprint density at radius 2 is 1.76 bits per heavy atom. The van der Waals surface area contributed by atoms with Crippen LogP contribution in [0.3, 0.4) is 0 Å². The molecule has 21 heavy (non-hydrogen) atoms. The number of methoxy groups -OCH3 is 2. The summed E-state index contributed by atoms with van der Waals surface area (Å²) in [5.41, 5.74) is 9.77. The lowest BCUT2D eigenvalue weighted by Crippen LogP contribution is -2.14. The number of hydrogen-bond acceptors (Lipinski definition) is 3. The third kappa shape index (κ3) is 3.77. The van der Waals surface area contributed by atoms with Crippen LogP contribution in [0.2, 0.25) is 0 Å². The van der Waals surface area contributed by atoms with Crippen molar-refractivity contribution in [2.24, 2.45) is 5.73 Å². The van der Waals surface area contributed by atoms with Crippen molar-refractivity contribution < 1.29 is 9.47 Å².